The second-order valence-electron chi connectivity index (χ2n) is 4.27. The molecule has 4 heteroatoms. The maximum Gasteiger partial charge on any atom is 0.325 e. The van der Waals surface area contributed by atoms with Gasteiger partial charge < -0.3 is 9.30 Å². The summed E-state index contributed by atoms with van der Waals surface area (Å²) in [6.07, 6.45) is 2.20. The van der Waals surface area contributed by atoms with Gasteiger partial charge in [-0.3, -0.25) is 9.59 Å². The largest absolute Gasteiger partial charge is 0.465 e. The summed E-state index contributed by atoms with van der Waals surface area (Å²) < 4.78 is 6.72. The molecule has 0 bridgehead atoms. The van der Waals surface area contributed by atoms with Crippen LogP contribution in [0.1, 0.15) is 30.6 Å². The number of aromatic nitrogens is 1. The Morgan fingerprint density at radius 3 is 2.63 bits per heavy atom. The molecule has 100 valence electrons. The highest BCUT2D eigenvalue weighted by Crippen LogP contribution is 2.22. The molecule has 0 saturated heterocycles. The lowest BCUT2D eigenvalue weighted by molar-refractivity contribution is -0.143. The molecule has 2 aromatic rings. The van der Waals surface area contributed by atoms with Crippen LogP contribution in [0, 0.1) is 0 Å². The van der Waals surface area contributed by atoms with Crippen LogP contribution < -0.4 is 0 Å². The van der Waals surface area contributed by atoms with E-state index in [1.165, 1.54) is 0 Å². The second kappa shape index (κ2) is 5.69. The molecule has 0 spiro atoms. The van der Waals surface area contributed by atoms with Crippen LogP contribution in [0.15, 0.2) is 30.5 Å². The van der Waals surface area contributed by atoms with Crippen LogP contribution in [-0.4, -0.2) is 22.9 Å². The van der Waals surface area contributed by atoms with Gasteiger partial charge in [0, 0.05) is 29.1 Å². The van der Waals surface area contributed by atoms with E-state index in [9.17, 15) is 9.59 Å². The van der Waals surface area contributed by atoms with Crippen LogP contribution >= 0.6 is 0 Å². The summed E-state index contributed by atoms with van der Waals surface area (Å²) in [5.41, 5.74) is 1.55. The summed E-state index contributed by atoms with van der Waals surface area (Å²) >= 11 is 0. The van der Waals surface area contributed by atoms with Crippen molar-refractivity contribution in [3.05, 3.63) is 36.0 Å². The van der Waals surface area contributed by atoms with Gasteiger partial charge in [0.2, 0.25) is 0 Å². The molecule has 0 aliphatic rings. The Morgan fingerprint density at radius 1 is 1.21 bits per heavy atom. The van der Waals surface area contributed by atoms with Gasteiger partial charge >= 0.3 is 5.97 Å². The molecule has 1 aromatic carbocycles. The SMILES string of the molecule is CCOC(=O)Cn1cc(C(=O)CC)c2ccccc21. The highest BCUT2D eigenvalue weighted by atomic mass is 16.5. The number of para-hydroxylation sites is 1. The lowest BCUT2D eigenvalue weighted by Crippen LogP contribution is -2.12. The van der Waals surface area contributed by atoms with Crippen molar-refractivity contribution in [1.29, 1.82) is 0 Å². The lowest BCUT2D eigenvalue weighted by Gasteiger charge is -2.04. The van der Waals surface area contributed by atoms with E-state index in [0.717, 1.165) is 10.9 Å². The topological polar surface area (TPSA) is 48.3 Å². The van der Waals surface area contributed by atoms with E-state index in [0.29, 0.717) is 18.6 Å². The molecule has 0 radical (unpaired) electrons. The number of esters is 1. The molecule has 0 atom stereocenters. The van der Waals surface area contributed by atoms with Crippen LogP contribution in [-0.2, 0) is 16.1 Å². The Kier molecular flexibility index (Phi) is 4.00. The molecule has 0 amide bonds. The monoisotopic (exact) mass is 259 g/mol. The Morgan fingerprint density at radius 2 is 1.95 bits per heavy atom. The molecule has 0 saturated carbocycles. The normalized spacial score (nSPS) is 10.6. The molecule has 0 unspecified atom stereocenters. The number of rotatable bonds is 5. The number of Topliss-reactive ketones (excluding diaryl/α,β-unsaturated/α-hetero) is 1. The van der Waals surface area contributed by atoms with Gasteiger partial charge in [0.1, 0.15) is 6.54 Å². The van der Waals surface area contributed by atoms with Crippen molar-refractivity contribution in [3.63, 3.8) is 0 Å². The predicted molar refractivity (Wildman–Crippen MR) is 73.2 cm³/mol. The molecule has 0 N–H and O–H groups in total. The fourth-order valence-electron chi connectivity index (χ4n) is 2.14. The average Bonchev–Trinajstić information content (AvgIpc) is 2.77. The summed E-state index contributed by atoms with van der Waals surface area (Å²) in [7, 11) is 0. The highest BCUT2D eigenvalue weighted by molar-refractivity contribution is 6.08. The lowest BCUT2D eigenvalue weighted by atomic mass is 10.1. The molecule has 4 nitrogen and oxygen atoms in total. The summed E-state index contributed by atoms with van der Waals surface area (Å²) in [4.78, 5) is 23.5. The fraction of sp³-hybridized carbons (Fsp3) is 0.333. The van der Waals surface area contributed by atoms with E-state index in [2.05, 4.69) is 0 Å². The summed E-state index contributed by atoms with van der Waals surface area (Å²) in [6, 6.07) is 7.59. The number of benzene rings is 1. The van der Waals surface area contributed by atoms with E-state index in [1.807, 2.05) is 31.2 Å². The third kappa shape index (κ3) is 2.67. The van der Waals surface area contributed by atoms with Crippen LogP contribution in [0.2, 0.25) is 0 Å². The minimum atomic E-state index is -0.293. The second-order valence-corrected chi connectivity index (χ2v) is 4.27. The smallest absolute Gasteiger partial charge is 0.325 e. The number of hydrogen-bond acceptors (Lipinski definition) is 3. The van der Waals surface area contributed by atoms with Crippen LogP contribution in [0.3, 0.4) is 0 Å². The first-order valence-electron chi connectivity index (χ1n) is 6.44. The Hall–Kier alpha value is -2.10. The van der Waals surface area contributed by atoms with Gasteiger partial charge in [0.25, 0.3) is 0 Å². The zero-order valence-electron chi connectivity index (χ0n) is 11.2. The molecule has 1 aromatic heterocycles. The first kappa shape index (κ1) is 13.3. The predicted octanol–water partition coefficient (Wildman–Crippen LogP) is 2.80. The number of carbonyl (C=O) groups is 2. The zero-order valence-corrected chi connectivity index (χ0v) is 11.2. The minimum Gasteiger partial charge on any atom is -0.465 e. The third-order valence-corrected chi connectivity index (χ3v) is 3.01. The fourth-order valence-corrected chi connectivity index (χ4v) is 2.14. The van der Waals surface area contributed by atoms with E-state index < -0.39 is 0 Å². The number of nitrogens with zero attached hydrogens (tertiary/aromatic N) is 1. The summed E-state index contributed by atoms with van der Waals surface area (Å²) in [6.45, 7) is 4.10. The van der Waals surface area contributed by atoms with Gasteiger partial charge in [0.05, 0.1) is 6.61 Å². The number of fused-ring (bicyclic) bond motifs is 1. The van der Waals surface area contributed by atoms with Gasteiger partial charge in [0.15, 0.2) is 5.78 Å². The molecule has 19 heavy (non-hydrogen) atoms. The first-order chi connectivity index (χ1) is 9.17. The van der Waals surface area contributed by atoms with E-state index in [4.69, 9.17) is 4.74 Å². The van der Waals surface area contributed by atoms with Crippen molar-refractivity contribution < 1.29 is 14.3 Å². The molecule has 2 rings (SSSR count). The van der Waals surface area contributed by atoms with E-state index >= 15 is 0 Å². The van der Waals surface area contributed by atoms with Gasteiger partial charge in [-0.05, 0) is 13.0 Å². The summed E-state index contributed by atoms with van der Waals surface area (Å²) in [5.74, 6) is -0.211. The molecular formula is C15H17NO3. The Balaban J connectivity index is 2.44. The molecule has 0 fully saturated rings. The molecular weight excluding hydrogens is 242 g/mol. The van der Waals surface area contributed by atoms with Gasteiger partial charge in [-0.2, -0.15) is 0 Å². The number of ether oxygens (including phenoxy) is 1. The maximum atomic E-state index is 11.9. The van der Waals surface area contributed by atoms with Crippen molar-refractivity contribution in [2.24, 2.45) is 0 Å². The highest BCUT2D eigenvalue weighted by Gasteiger charge is 2.15. The number of ketones is 1. The summed E-state index contributed by atoms with van der Waals surface area (Å²) in [5, 5.41) is 0.888. The minimum absolute atomic E-state index is 0.0822. The first-order valence-corrected chi connectivity index (χ1v) is 6.44. The quantitative estimate of drug-likeness (QED) is 0.612. The van der Waals surface area contributed by atoms with Crippen molar-refractivity contribution in [3.8, 4) is 0 Å². The van der Waals surface area contributed by atoms with Crippen molar-refractivity contribution in [2.75, 3.05) is 6.61 Å². The average molecular weight is 259 g/mol. The van der Waals surface area contributed by atoms with Gasteiger partial charge in [-0.1, -0.05) is 25.1 Å². The maximum absolute atomic E-state index is 11.9. The van der Waals surface area contributed by atoms with E-state index in [-0.39, 0.29) is 18.3 Å². The van der Waals surface area contributed by atoms with Crippen molar-refractivity contribution >= 4 is 22.7 Å². The third-order valence-electron chi connectivity index (χ3n) is 3.01. The zero-order chi connectivity index (χ0) is 13.8. The molecule has 0 aliphatic carbocycles. The van der Waals surface area contributed by atoms with Crippen LogP contribution in [0.4, 0.5) is 0 Å². The van der Waals surface area contributed by atoms with Crippen LogP contribution in [0.25, 0.3) is 10.9 Å². The van der Waals surface area contributed by atoms with E-state index in [1.54, 1.807) is 17.7 Å². The Bertz CT molecular complexity index is 613. The van der Waals surface area contributed by atoms with Crippen molar-refractivity contribution in [1.82, 2.24) is 4.57 Å². The molecule has 1 heterocycles. The van der Waals surface area contributed by atoms with Crippen LogP contribution in [0.5, 0.6) is 0 Å². The Labute approximate surface area is 112 Å². The van der Waals surface area contributed by atoms with Crippen molar-refractivity contribution in [2.45, 2.75) is 26.8 Å². The standard InChI is InChI=1S/C15H17NO3/c1-3-14(17)12-9-16(10-15(18)19-4-2)13-8-6-5-7-11(12)13/h5-9H,3-4,10H2,1-2H3. The molecule has 0 aliphatic heterocycles. The number of carbonyl (C=O) groups excluding carboxylic acids is 2. The van der Waals surface area contributed by atoms with Gasteiger partial charge in [-0.15, -0.1) is 0 Å². The number of hydrogen-bond donors (Lipinski definition) is 0. The van der Waals surface area contributed by atoms with Gasteiger partial charge in [-0.25, -0.2) is 0 Å².